The van der Waals surface area contributed by atoms with Gasteiger partial charge in [-0.25, -0.2) is 9.89 Å². The van der Waals surface area contributed by atoms with Gasteiger partial charge in [0.2, 0.25) is 5.91 Å². The molecule has 0 aliphatic heterocycles. The van der Waals surface area contributed by atoms with E-state index < -0.39 is 0 Å². The minimum absolute atomic E-state index is 0.139. The van der Waals surface area contributed by atoms with E-state index in [1.165, 1.54) is 4.57 Å². The summed E-state index contributed by atoms with van der Waals surface area (Å²) in [5, 5.41) is 7.49. The van der Waals surface area contributed by atoms with Gasteiger partial charge in [0.15, 0.2) is 4.77 Å². The number of hydrogen-bond acceptors (Lipinski definition) is 4. The minimum atomic E-state index is -0.338. The SMILES string of the molecule is COCCNC(=O)CCn1c(=O)[nH][nH]c1=S. The van der Waals surface area contributed by atoms with Crippen LogP contribution in [0, 0.1) is 4.77 Å². The van der Waals surface area contributed by atoms with Crippen molar-refractivity contribution < 1.29 is 9.53 Å². The Bertz CT molecular complexity index is 419. The molecule has 0 fully saturated rings. The van der Waals surface area contributed by atoms with E-state index in [9.17, 15) is 9.59 Å². The Morgan fingerprint density at radius 1 is 1.56 bits per heavy atom. The summed E-state index contributed by atoms with van der Waals surface area (Å²) in [7, 11) is 1.56. The maximum atomic E-state index is 11.3. The van der Waals surface area contributed by atoms with Crippen LogP contribution < -0.4 is 11.0 Å². The second kappa shape index (κ2) is 6.23. The van der Waals surface area contributed by atoms with E-state index in [1.54, 1.807) is 7.11 Å². The molecular formula is C8H14N4O3S. The van der Waals surface area contributed by atoms with Crippen LogP contribution in [0.4, 0.5) is 0 Å². The zero-order valence-corrected chi connectivity index (χ0v) is 9.73. The van der Waals surface area contributed by atoms with Gasteiger partial charge in [0.25, 0.3) is 0 Å². The van der Waals surface area contributed by atoms with Gasteiger partial charge in [-0.15, -0.1) is 0 Å². The van der Waals surface area contributed by atoms with Gasteiger partial charge in [0, 0.05) is 26.6 Å². The molecule has 0 aliphatic rings. The van der Waals surface area contributed by atoms with Gasteiger partial charge in [-0.05, 0) is 12.2 Å². The summed E-state index contributed by atoms with van der Waals surface area (Å²) in [5.74, 6) is -0.139. The number of aromatic nitrogens is 3. The number of carbonyl (C=O) groups is 1. The Labute approximate surface area is 96.8 Å². The first-order chi connectivity index (χ1) is 7.65. The van der Waals surface area contributed by atoms with E-state index in [0.717, 1.165) is 0 Å². The fourth-order valence-electron chi connectivity index (χ4n) is 1.13. The van der Waals surface area contributed by atoms with Crippen molar-refractivity contribution >= 4 is 18.1 Å². The Balaban J connectivity index is 2.38. The van der Waals surface area contributed by atoms with Crippen molar-refractivity contribution in [3.8, 4) is 0 Å². The van der Waals surface area contributed by atoms with E-state index in [1.807, 2.05) is 0 Å². The molecule has 0 spiro atoms. The molecule has 1 aromatic rings. The maximum absolute atomic E-state index is 11.3. The van der Waals surface area contributed by atoms with Gasteiger partial charge in [-0.2, -0.15) is 0 Å². The normalized spacial score (nSPS) is 10.3. The number of carbonyl (C=O) groups excluding carboxylic acids is 1. The number of nitrogens with one attached hydrogen (secondary N) is 3. The number of hydrogen-bond donors (Lipinski definition) is 3. The van der Waals surface area contributed by atoms with Crippen LogP contribution in [-0.4, -0.2) is 40.9 Å². The molecule has 8 heteroatoms. The first-order valence-electron chi connectivity index (χ1n) is 4.78. The second-order valence-electron chi connectivity index (χ2n) is 3.10. The summed E-state index contributed by atoms with van der Waals surface area (Å²) in [6, 6.07) is 0. The van der Waals surface area contributed by atoms with Gasteiger partial charge in [0.1, 0.15) is 0 Å². The molecule has 1 amide bonds. The number of amides is 1. The maximum Gasteiger partial charge on any atom is 0.342 e. The van der Waals surface area contributed by atoms with Gasteiger partial charge in [0.05, 0.1) is 6.61 Å². The van der Waals surface area contributed by atoms with Crippen molar-refractivity contribution in [3.63, 3.8) is 0 Å². The fourth-order valence-corrected chi connectivity index (χ4v) is 1.36. The third kappa shape index (κ3) is 3.63. The van der Waals surface area contributed by atoms with Gasteiger partial charge >= 0.3 is 5.69 Å². The van der Waals surface area contributed by atoms with Crippen molar-refractivity contribution in [2.75, 3.05) is 20.3 Å². The van der Waals surface area contributed by atoms with Crippen molar-refractivity contribution in [3.05, 3.63) is 15.3 Å². The lowest BCUT2D eigenvalue weighted by Crippen LogP contribution is -2.29. The summed E-state index contributed by atoms with van der Waals surface area (Å²) >= 11 is 4.86. The standard InChI is InChI=1S/C8H14N4O3S/c1-15-5-3-9-6(13)2-4-12-7(14)10-11-8(12)16/h2-5H2,1H3,(H,9,13)(H,10,14)(H,11,16). The molecule has 0 aliphatic carbocycles. The molecular weight excluding hydrogens is 232 g/mol. The van der Waals surface area contributed by atoms with Crippen molar-refractivity contribution in [1.82, 2.24) is 20.1 Å². The summed E-state index contributed by atoms with van der Waals surface area (Å²) in [6.07, 6.45) is 0.207. The molecule has 0 bridgehead atoms. The summed E-state index contributed by atoms with van der Waals surface area (Å²) in [5.41, 5.74) is -0.338. The van der Waals surface area contributed by atoms with Gasteiger partial charge < -0.3 is 10.1 Å². The van der Waals surface area contributed by atoms with E-state index in [4.69, 9.17) is 17.0 Å². The van der Waals surface area contributed by atoms with Crippen molar-refractivity contribution in [2.24, 2.45) is 0 Å². The van der Waals surface area contributed by atoms with E-state index in [-0.39, 0.29) is 29.3 Å². The molecule has 7 nitrogen and oxygen atoms in total. The average Bonchev–Trinajstić information content (AvgIpc) is 2.57. The Morgan fingerprint density at radius 2 is 2.31 bits per heavy atom. The Hall–Kier alpha value is -1.41. The lowest BCUT2D eigenvalue weighted by molar-refractivity contribution is -0.121. The number of ether oxygens (including phenoxy) is 1. The third-order valence-corrected chi connectivity index (χ3v) is 2.28. The molecule has 90 valence electrons. The molecule has 0 saturated heterocycles. The number of aromatic amines is 2. The monoisotopic (exact) mass is 246 g/mol. The highest BCUT2D eigenvalue weighted by atomic mass is 32.1. The number of methoxy groups -OCH3 is 1. The first-order valence-corrected chi connectivity index (χ1v) is 5.19. The fraction of sp³-hybridized carbons (Fsp3) is 0.625. The molecule has 0 aromatic carbocycles. The highest BCUT2D eigenvalue weighted by Crippen LogP contribution is 1.87. The number of rotatable bonds is 6. The molecule has 0 saturated carbocycles. The van der Waals surface area contributed by atoms with Crippen LogP contribution in [0.1, 0.15) is 6.42 Å². The number of nitrogens with zero attached hydrogens (tertiary/aromatic N) is 1. The second-order valence-corrected chi connectivity index (χ2v) is 3.49. The highest BCUT2D eigenvalue weighted by molar-refractivity contribution is 7.71. The Kier molecular flexibility index (Phi) is 4.93. The van der Waals surface area contributed by atoms with Crippen LogP contribution in [-0.2, 0) is 16.1 Å². The van der Waals surface area contributed by atoms with E-state index in [0.29, 0.717) is 13.2 Å². The van der Waals surface area contributed by atoms with Crippen LogP contribution >= 0.6 is 12.2 Å². The largest absolute Gasteiger partial charge is 0.383 e. The van der Waals surface area contributed by atoms with E-state index >= 15 is 0 Å². The zero-order chi connectivity index (χ0) is 12.0. The van der Waals surface area contributed by atoms with Crippen LogP contribution in [0.2, 0.25) is 0 Å². The summed E-state index contributed by atoms with van der Waals surface area (Å²) in [6.45, 7) is 1.19. The zero-order valence-electron chi connectivity index (χ0n) is 8.91. The first kappa shape index (κ1) is 12.7. The molecule has 1 aromatic heterocycles. The predicted octanol–water partition coefficient (Wildman–Crippen LogP) is -0.613. The minimum Gasteiger partial charge on any atom is -0.383 e. The quantitative estimate of drug-likeness (QED) is 0.461. The van der Waals surface area contributed by atoms with Crippen LogP contribution in [0.3, 0.4) is 0 Å². The molecule has 0 atom stereocenters. The molecule has 16 heavy (non-hydrogen) atoms. The molecule has 1 heterocycles. The molecule has 3 N–H and O–H groups in total. The van der Waals surface area contributed by atoms with Gasteiger partial charge in [-0.1, -0.05) is 0 Å². The van der Waals surface area contributed by atoms with Crippen LogP contribution in [0.25, 0.3) is 0 Å². The number of H-pyrrole nitrogens is 2. The van der Waals surface area contributed by atoms with Crippen molar-refractivity contribution in [2.45, 2.75) is 13.0 Å². The average molecular weight is 246 g/mol. The topological polar surface area (TPSA) is 91.9 Å². The van der Waals surface area contributed by atoms with E-state index in [2.05, 4.69) is 15.5 Å². The predicted molar refractivity (Wildman–Crippen MR) is 59.7 cm³/mol. The Morgan fingerprint density at radius 3 is 2.88 bits per heavy atom. The highest BCUT2D eigenvalue weighted by Gasteiger charge is 2.04. The smallest absolute Gasteiger partial charge is 0.342 e. The van der Waals surface area contributed by atoms with Crippen LogP contribution in [0.15, 0.2) is 4.79 Å². The van der Waals surface area contributed by atoms with Crippen LogP contribution in [0.5, 0.6) is 0 Å². The lowest BCUT2D eigenvalue weighted by Gasteiger charge is -2.03. The summed E-state index contributed by atoms with van der Waals surface area (Å²) in [4.78, 5) is 22.5. The molecule has 0 radical (unpaired) electrons. The van der Waals surface area contributed by atoms with Crippen molar-refractivity contribution in [1.29, 1.82) is 0 Å². The molecule has 1 rings (SSSR count). The lowest BCUT2D eigenvalue weighted by atomic mass is 10.4. The molecule has 0 unspecified atom stereocenters. The van der Waals surface area contributed by atoms with Gasteiger partial charge in [-0.3, -0.25) is 14.5 Å². The summed E-state index contributed by atoms with van der Waals surface area (Å²) < 4.78 is 6.37. The third-order valence-electron chi connectivity index (χ3n) is 1.96.